The van der Waals surface area contributed by atoms with Gasteiger partial charge in [0.2, 0.25) is 0 Å². The molecular formula is C15H27N5O. The molecule has 0 amide bonds. The maximum atomic E-state index is 6.01. The van der Waals surface area contributed by atoms with Gasteiger partial charge in [-0.2, -0.15) is 0 Å². The van der Waals surface area contributed by atoms with Gasteiger partial charge >= 0.3 is 0 Å². The van der Waals surface area contributed by atoms with Gasteiger partial charge in [0.05, 0.1) is 13.2 Å². The number of aromatic nitrogens is 2. The van der Waals surface area contributed by atoms with E-state index in [2.05, 4.69) is 41.0 Å². The molecule has 1 aromatic rings. The number of nitrogens with zero attached hydrogens (tertiary/aromatic N) is 3. The Morgan fingerprint density at radius 3 is 2.52 bits per heavy atom. The van der Waals surface area contributed by atoms with E-state index in [-0.39, 0.29) is 5.41 Å². The Morgan fingerprint density at radius 1 is 1.24 bits per heavy atom. The summed E-state index contributed by atoms with van der Waals surface area (Å²) in [4.78, 5) is 11.4. The van der Waals surface area contributed by atoms with E-state index >= 15 is 0 Å². The van der Waals surface area contributed by atoms with E-state index in [1.54, 1.807) is 0 Å². The first kappa shape index (κ1) is 16.0. The van der Waals surface area contributed by atoms with E-state index in [4.69, 9.17) is 10.5 Å². The highest BCUT2D eigenvalue weighted by Crippen LogP contribution is 2.24. The molecule has 1 saturated heterocycles. The van der Waals surface area contributed by atoms with Crippen molar-refractivity contribution in [2.45, 2.75) is 33.1 Å². The van der Waals surface area contributed by atoms with Crippen molar-refractivity contribution in [2.75, 3.05) is 50.4 Å². The van der Waals surface area contributed by atoms with Crippen LogP contribution in [0.1, 0.15) is 32.2 Å². The monoisotopic (exact) mass is 293 g/mol. The van der Waals surface area contributed by atoms with Crippen LogP contribution in [0.5, 0.6) is 0 Å². The molecular weight excluding hydrogens is 266 g/mol. The van der Waals surface area contributed by atoms with Crippen LogP contribution in [-0.4, -0.2) is 54.3 Å². The van der Waals surface area contributed by atoms with Gasteiger partial charge in [-0.1, -0.05) is 20.8 Å². The zero-order valence-corrected chi connectivity index (χ0v) is 13.6. The van der Waals surface area contributed by atoms with Gasteiger partial charge in [0.1, 0.15) is 17.5 Å². The predicted molar refractivity (Wildman–Crippen MR) is 85.6 cm³/mol. The molecule has 6 nitrogen and oxygen atoms in total. The summed E-state index contributed by atoms with van der Waals surface area (Å²) in [5.74, 6) is 2.18. The van der Waals surface area contributed by atoms with Crippen molar-refractivity contribution in [3.63, 3.8) is 0 Å². The maximum absolute atomic E-state index is 6.01. The first-order valence-electron chi connectivity index (χ1n) is 7.56. The molecule has 2 heterocycles. The summed E-state index contributed by atoms with van der Waals surface area (Å²) in [6.45, 7) is 13.7. The lowest BCUT2D eigenvalue weighted by atomic mass is 9.95. The number of nitrogens with one attached hydrogen (secondary N) is 1. The number of nitrogen functional groups attached to an aromatic ring is 1. The minimum absolute atomic E-state index is 0.109. The van der Waals surface area contributed by atoms with E-state index in [1.807, 2.05) is 6.92 Å². The van der Waals surface area contributed by atoms with Crippen molar-refractivity contribution >= 4 is 11.6 Å². The highest BCUT2D eigenvalue weighted by atomic mass is 16.5. The van der Waals surface area contributed by atoms with Gasteiger partial charge in [-0.25, -0.2) is 9.97 Å². The van der Waals surface area contributed by atoms with Crippen LogP contribution in [0, 0.1) is 6.92 Å². The molecule has 0 unspecified atom stereocenters. The molecule has 0 atom stereocenters. The summed E-state index contributed by atoms with van der Waals surface area (Å²) in [5, 5.41) is 3.40. The van der Waals surface area contributed by atoms with Crippen molar-refractivity contribution in [2.24, 2.45) is 0 Å². The topological polar surface area (TPSA) is 76.3 Å². The van der Waals surface area contributed by atoms with Gasteiger partial charge in [0, 0.05) is 37.2 Å². The van der Waals surface area contributed by atoms with Crippen LogP contribution in [0.15, 0.2) is 0 Å². The molecule has 1 aliphatic rings. The first-order chi connectivity index (χ1) is 9.88. The van der Waals surface area contributed by atoms with Crippen LogP contribution in [0.2, 0.25) is 0 Å². The molecule has 0 bridgehead atoms. The maximum Gasteiger partial charge on any atom is 0.138 e. The van der Waals surface area contributed by atoms with Crippen LogP contribution in [-0.2, 0) is 10.2 Å². The largest absolute Gasteiger partial charge is 0.383 e. The highest BCUT2D eigenvalue weighted by molar-refractivity contribution is 5.55. The predicted octanol–water partition coefficient (Wildman–Crippen LogP) is 1.41. The number of hydrogen-bond donors (Lipinski definition) is 2. The molecule has 6 heteroatoms. The average Bonchev–Trinajstić information content (AvgIpc) is 2.43. The lowest BCUT2D eigenvalue weighted by molar-refractivity contribution is 0.0398. The van der Waals surface area contributed by atoms with Gasteiger partial charge in [0.15, 0.2) is 0 Å². The molecule has 0 saturated carbocycles. The fourth-order valence-electron chi connectivity index (χ4n) is 2.20. The zero-order valence-electron chi connectivity index (χ0n) is 13.6. The zero-order chi connectivity index (χ0) is 15.5. The normalized spacial score (nSPS) is 17.0. The van der Waals surface area contributed by atoms with E-state index in [9.17, 15) is 0 Å². The van der Waals surface area contributed by atoms with Crippen molar-refractivity contribution < 1.29 is 4.74 Å². The third kappa shape index (κ3) is 4.28. The Kier molecular flexibility index (Phi) is 5.00. The second-order valence-corrected chi connectivity index (χ2v) is 6.54. The van der Waals surface area contributed by atoms with Crippen LogP contribution < -0.4 is 11.1 Å². The van der Waals surface area contributed by atoms with Crippen LogP contribution in [0.25, 0.3) is 0 Å². The second kappa shape index (κ2) is 6.58. The van der Waals surface area contributed by atoms with Gasteiger partial charge < -0.3 is 15.8 Å². The quantitative estimate of drug-likeness (QED) is 0.874. The van der Waals surface area contributed by atoms with E-state index in [1.165, 1.54) is 0 Å². The minimum atomic E-state index is -0.109. The van der Waals surface area contributed by atoms with Gasteiger partial charge in [-0.15, -0.1) is 0 Å². The van der Waals surface area contributed by atoms with Crippen molar-refractivity contribution in [3.8, 4) is 0 Å². The molecule has 118 valence electrons. The Hall–Kier alpha value is -1.40. The fraction of sp³-hybridized carbons (Fsp3) is 0.733. The summed E-state index contributed by atoms with van der Waals surface area (Å²) < 4.78 is 5.35. The van der Waals surface area contributed by atoms with E-state index < -0.39 is 0 Å². The van der Waals surface area contributed by atoms with Crippen molar-refractivity contribution in [1.29, 1.82) is 0 Å². The van der Waals surface area contributed by atoms with Crippen molar-refractivity contribution in [1.82, 2.24) is 14.9 Å². The lowest BCUT2D eigenvalue weighted by Gasteiger charge is -2.27. The van der Waals surface area contributed by atoms with Crippen LogP contribution in [0.4, 0.5) is 11.6 Å². The molecule has 1 fully saturated rings. The summed E-state index contributed by atoms with van der Waals surface area (Å²) in [6.07, 6.45) is 0. The number of hydrogen-bond acceptors (Lipinski definition) is 6. The molecule has 0 radical (unpaired) electrons. The smallest absolute Gasteiger partial charge is 0.138 e. The van der Waals surface area contributed by atoms with E-state index in [0.29, 0.717) is 5.82 Å². The lowest BCUT2D eigenvalue weighted by Crippen LogP contribution is -2.39. The van der Waals surface area contributed by atoms with Gasteiger partial charge in [-0.3, -0.25) is 4.90 Å². The SMILES string of the molecule is Cc1c(N)nc(C(C)(C)C)nc1NCCN1CCOCC1. The molecule has 0 aromatic carbocycles. The Morgan fingerprint density at radius 2 is 1.90 bits per heavy atom. The average molecular weight is 293 g/mol. The van der Waals surface area contributed by atoms with Crippen LogP contribution >= 0.6 is 0 Å². The summed E-state index contributed by atoms with van der Waals surface area (Å²) in [5.41, 5.74) is 6.83. The standard InChI is InChI=1S/C15H27N5O/c1-11-12(16)18-14(15(2,3)4)19-13(11)17-5-6-20-7-9-21-10-8-20/h5-10H2,1-4H3,(H3,16,17,18,19). The second-order valence-electron chi connectivity index (χ2n) is 6.54. The molecule has 3 N–H and O–H groups in total. The summed E-state index contributed by atoms with van der Waals surface area (Å²) in [7, 11) is 0. The third-order valence-electron chi connectivity index (χ3n) is 3.68. The Balaban J connectivity index is 2.00. The number of anilines is 2. The molecule has 0 spiro atoms. The fourth-order valence-corrected chi connectivity index (χ4v) is 2.20. The van der Waals surface area contributed by atoms with Crippen LogP contribution in [0.3, 0.4) is 0 Å². The molecule has 21 heavy (non-hydrogen) atoms. The Bertz CT molecular complexity index is 478. The third-order valence-corrected chi connectivity index (χ3v) is 3.68. The molecule has 1 aromatic heterocycles. The number of morpholine rings is 1. The minimum Gasteiger partial charge on any atom is -0.383 e. The summed E-state index contributed by atoms with van der Waals surface area (Å²) >= 11 is 0. The van der Waals surface area contributed by atoms with Gasteiger partial charge in [0.25, 0.3) is 0 Å². The Labute approximate surface area is 127 Å². The van der Waals surface area contributed by atoms with Gasteiger partial charge in [-0.05, 0) is 6.92 Å². The molecule has 0 aliphatic carbocycles. The number of nitrogens with two attached hydrogens (primary N) is 1. The first-order valence-corrected chi connectivity index (χ1v) is 7.56. The summed E-state index contributed by atoms with van der Waals surface area (Å²) in [6, 6.07) is 0. The number of rotatable bonds is 4. The number of ether oxygens (including phenoxy) is 1. The van der Waals surface area contributed by atoms with E-state index in [0.717, 1.165) is 56.6 Å². The molecule has 2 rings (SSSR count). The van der Waals surface area contributed by atoms with Crippen molar-refractivity contribution in [3.05, 3.63) is 11.4 Å². The highest BCUT2D eigenvalue weighted by Gasteiger charge is 2.20. The molecule has 1 aliphatic heterocycles.